The summed E-state index contributed by atoms with van der Waals surface area (Å²) in [5, 5.41) is 3.06. The van der Waals surface area contributed by atoms with Crippen LogP contribution >= 0.6 is 0 Å². The summed E-state index contributed by atoms with van der Waals surface area (Å²) in [6, 6.07) is 4.76. The van der Waals surface area contributed by atoms with Crippen LogP contribution in [0.4, 0.5) is 5.82 Å². The minimum absolute atomic E-state index is 0.584. The highest BCUT2D eigenvalue weighted by Gasteiger charge is 2.07. The first-order valence-corrected chi connectivity index (χ1v) is 5.54. The fourth-order valence-electron chi connectivity index (χ4n) is 1.60. The maximum Gasteiger partial charge on any atom is 0.125 e. The molecule has 0 aliphatic carbocycles. The van der Waals surface area contributed by atoms with E-state index in [9.17, 15) is 0 Å². The van der Waals surface area contributed by atoms with E-state index >= 15 is 0 Å². The highest BCUT2D eigenvalue weighted by molar-refractivity contribution is 5.36. The summed E-state index contributed by atoms with van der Waals surface area (Å²) in [5.41, 5.74) is 1.31. The van der Waals surface area contributed by atoms with Gasteiger partial charge in [-0.3, -0.25) is 4.90 Å². The average molecular weight is 207 g/mol. The molecule has 3 heteroatoms. The van der Waals surface area contributed by atoms with Gasteiger partial charge in [-0.1, -0.05) is 6.92 Å². The molecule has 1 aromatic rings. The summed E-state index contributed by atoms with van der Waals surface area (Å²) in [6.45, 7) is 8.72. The molecule has 1 rings (SSSR count). The molecule has 1 aromatic heterocycles. The van der Waals surface area contributed by atoms with Crippen LogP contribution in [0.5, 0.6) is 0 Å². The minimum atomic E-state index is 0.584. The molecule has 84 valence electrons. The average Bonchev–Trinajstić information content (AvgIpc) is 2.25. The van der Waals surface area contributed by atoms with Crippen molar-refractivity contribution in [2.24, 2.45) is 0 Å². The summed E-state index contributed by atoms with van der Waals surface area (Å²) in [5.74, 6) is 0.937. The van der Waals surface area contributed by atoms with Crippen LogP contribution in [-0.2, 0) is 6.54 Å². The third kappa shape index (κ3) is 3.51. The molecule has 0 saturated heterocycles. The van der Waals surface area contributed by atoms with E-state index in [1.165, 1.54) is 5.56 Å². The van der Waals surface area contributed by atoms with Gasteiger partial charge in [-0.25, -0.2) is 4.98 Å². The van der Waals surface area contributed by atoms with E-state index in [1.54, 1.807) is 0 Å². The molecule has 1 N–H and O–H groups in total. The predicted octanol–water partition coefficient (Wildman–Crippen LogP) is 2.35. The molecular weight excluding hydrogens is 186 g/mol. The number of pyridine rings is 1. The SMILES string of the molecule is CCN(Cc1ccnc(NC)c1)C(C)C. The Morgan fingerprint density at radius 3 is 2.73 bits per heavy atom. The highest BCUT2D eigenvalue weighted by Crippen LogP contribution is 2.10. The summed E-state index contributed by atoms with van der Waals surface area (Å²) in [7, 11) is 1.89. The fraction of sp³-hybridized carbons (Fsp3) is 0.583. The van der Waals surface area contributed by atoms with Gasteiger partial charge in [0, 0.05) is 25.8 Å². The van der Waals surface area contributed by atoms with Crippen molar-refractivity contribution in [3.63, 3.8) is 0 Å². The Bertz CT molecular complexity index is 297. The van der Waals surface area contributed by atoms with Crippen LogP contribution in [0, 0.1) is 0 Å². The number of nitrogens with one attached hydrogen (secondary N) is 1. The lowest BCUT2D eigenvalue weighted by Crippen LogP contribution is -2.29. The Kier molecular flexibility index (Phi) is 4.56. The Morgan fingerprint density at radius 1 is 1.47 bits per heavy atom. The summed E-state index contributed by atoms with van der Waals surface area (Å²) >= 11 is 0. The molecule has 0 fully saturated rings. The first-order chi connectivity index (χ1) is 7.17. The largest absolute Gasteiger partial charge is 0.373 e. The van der Waals surface area contributed by atoms with Gasteiger partial charge in [-0.05, 0) is 38.1 Å². The van der Waals surface area contributed by atoms with Gasteiger partial charge in [-0.2, -0.15) is 0 Å². The highest BCUT2D eigenvalue weighted by atomic mass is 15.1. The van der Waals surface area contributed by atoms with Crippen LogP contribution in [-0.4, -0.2) is 29.5 Å². The van der Waals surface area contributed by atoms with Gasteiger partial charge in [0.05, 0.1) is 0 Å². The van der Waals surface area contributed by atoms with Gasteiger partial charge in [0.1, 0.15) is 5.82 Å². The van der Waals surface area contributed by atoms with Crippen molar-refractivity contribution in [1.82, 2.24) is 9.88 Å². The second-order valence-corrected chi connectivity index (χ2v) is 3.96. The lowest BCUT2D eigenvalue weighted by atomic mass is 10.2. The van der Waals surface area contributed by atoms with Crippen molar-refractivity contribution in [3.05, 3.63) is 23.9 Å². The molecule has 0 saturated carbocycles. The zero-order valence-electron chi connectivity index (χ0n) is 10.1. The number of anilines is 1. The van der Waals surface area contributed by atoms with Crippen LogP contribution in [0.1, 0.15) is 26.3 Å². The van der Waals surface area contributed by atoms with Crippen molar-refractivity contribution in [1.29, 1.82) is 0 Å². The Labute approximate surface area is 92.5 Å². The van der Waals surface area contributed by atoms with Gasteiger partial charge in [0.15, 0.2) is 0 Å². The smallest absolute Gasteiger partial charge is 0.125 e. The molecule has 0 aliphatic rings. The van der Waals surface area contributed by atoms with E-state index in [1.807, 2.05) is 13.2 Å². The fourth-order valence-corrected chi connectivity index (χ4v) is 1.60. The summed E-state index contributed by atoms with van der Waals surface area (Å²) in [6.07, 6.45) is 1.86. The first-order valence-electron chi connectivity index (χ1n) is 5.54. The van der Waals surface area contributed by atoms with Crippen LogP contribution in [0.2, 0.25) is 0 Å². The summed E-state index contributed by atoms with van der Waals surface area (Å²) in [4.78, 5) is 6.63. The molecule has 0 radical (unpaired) electrons. The van der Waals surface area contributed by atoms with Gasteiger partial charge >= 0.3 is 0 Å². The third-order valence-corrected chi connectivity index (χ3v) is 2.60. The predicted molar refractivity (Wildman–Crippen MR) is 65.0 cm³/mol. The van der Waals surface area contributed by atoms with Crippen LogP contribution < -0.4 is 5.32 Å². The van der Waals surface area contributed by atoms with E-state index < -0.39 is 0 Å². The van der Waals surface area contributed by atoms with Gasteiger partial charge < -0.3 is 5.32 Å². The van der Waals surface area contributed by atoms with Crippen LogP contribution in [0.3, 0.4) is 0 Å². The Balaban J connectivity index is 2.70. The molecule has 0 atom stereocenters. The quantitative estimate of drug-likeness (QED) is 0.803. The summed E-state index contributed by atoms with van der Waals surface area (Å²) < 4.78 is 0. The van der Waals surface area contributed by atoms with Crippen molar-refractivity contribution in [2.75, 3.05) is 18.9 Å². The van der Waals surface area contributed by atoms with E-state index in [2.05, 4.69) is 48.1 Å². The minimum Gasteiger partial charge on any atom is -0.373 e. The monoisotopic (exact) mass is 207 g/mol. The van der Waals surface area contributed by atoms with Gasteiger partial charge in [0.2, 0.25) is 0 Å². The lowest BCUT2D eigenvalue weighted by Gasteiger charge is -2.24. The molecule has 0 spiro atoms. The van der Waals surface area contributed by atoms with Gasteiger partial charge in [0.25, 0.3) is 0 Å². The normalized spacial score (nSPS) is 11.1. The zero-order chi connectivity index (χ0) is 11.3. The van der Waals surface area contributed by atoms with Crippen molar-refractivity contribution in [2.45, 2.75) is 33.4 Å². The molecule has 1 heterocycles. The van der Waals surface area contributed by atoms with E-state index in [0.717, 1.165) is 18.9 Å². The molecule has 0 unspecified atom stereocenters. The first kappa shape index (κ1) is 12.0. The second kappa shape index (κ2) is 5.71. The van der Waals surface area contributed by atoms with E-state index in [-0.39, 0.29) is 0 Å². The lowest BCUT2D eigenvalue weighted by molar-refractivity contribution is 0.225. The number of hydrogen-bond acceptors (Lipinski definition) is 3. The Hall–Kier alpha value is -1.09. The number of aromatic nitrogens is 1. The molecule has 0 amide bonds. The Morgan fingerprint density at radius 2 is 2.20 bits per heavy atom. The molecule has 3 nitrogen and oxygen atoms in total. The molecule has 0 bridgehead atoms. The number of hydrogen-bond donors (Lipinski definition) is 1. The molecular formula is C12H21N3. The van der Waals surface area contributed by atoms with E-state index in [4.69, 9.17) is 0 Å². The van der Waals surface area contributed by atoms with Crippen LogP contribution in [0.15, 0.2) is 18.3 Å². The maximum absolute atomic E-state index is 4.21. The van der Waals surface area contributed by atoms with Crippen molar-refractivity contribution >= 4 is 5.82 Å². The van der Waals surface area contributed by atoms with E-state index in [0.29, 0.717) is 6.04 Å². The number of rotatable bonds is 5. The van der Waals surface area contributed by atoms with Crippen LogP contribution in [0.25, 0.3) is 0 Å². The van der Waals surface area contributed by atoms with Crippen molar-refractivity contribution < 1.29 is 0 Å². The zero-order valence-corrected chi connectivity index (χ0v) is 10.1. The molecule has 0 aromatic carbocycles. The van der Waals surface area contributed by atoms with Crippen molar-refractivity contribution in [3.8, 4) is 0 Å². The standard InChI is InChI=1S/C12H21N3/c1-5-15(10(2)3)9-11-6-7-14-12(8-11)13-4/h6-8,10H,5,9H2,1-4H3,(H,13,14). The third-order valence-electron chi connectivity index (χ3n) is 2.60. The number of nitrogens with zero attached hydrogens (tertiary/aromatic N) is 2. The van der Waals surface area contributed by atoms with Gasteiger partial charge in [-0.15, -0.1) is 0 Å². The maximum atomic E-state index is 4.21. The molecule has 0 aliphatic heterocycles. The second-order valence-electron chi connectivity index (χ2n) is 3.96. The topological polar surface area (TPSA) is 28.2 Å². The molecule has 15 heavy (non-hydrogen) atoms.